The molecule has 72 valence electrons. The van der Waals surface area contributed by atoms with Gasteiger partial charge < -0.3 is 10.8 Å². The monoisotopic (exact) mass is 199 g/mol. The van der Waals surface area contributed by atoms with Crippen molar-refractivity contribution in [2.75, 3.05) is 5.73 Å². The highest BCUT2D eigenvalue weighted by atomic mass is 35.5. The Labute approximate surface area is 83.3 Å². The number of para-hydroxylation sites is 1. The van der Waals surface area contributed by atoms with Gasteiger partial charge in [-0.3, -0.25) is 0 Å². The summed E-state index contributed by atoms with van der Waals surface area (Å²) in [6, 6.07) is 5.33. The van der Waals surface area contributed by atoms with E-state index < -0.39 is 6.10 Å². The molecule has 2 nitrogen and oxygen atoms in total. The lowest BCUT2D eigenvalue weighted by atomic mass is 10.0. The van der Waals surface area contributed by atoms with Crippen molar-refractivity contribution in [3.8, 4) is 0 Å². The summed E-state index contributed by atoms with van der Waals surface area (Å²) in [5, 5.41) is 10.2. The topological polar surface area (TPSA) is 46.2 Å². The van der Waals surface area contributed by atoms with Gasteiger partial charge >= 0.3 is 0 Å². The first-order chi connectivity index (χ1) is 6.16. The summed E-state index contributed by atoms with van der Waals surface area (Å²) in [5.41, 5.74) is 6.94. The molecule has 0 saturated heterocycles. The number of hydrogen-bond donors (Lipinski definition) is 2. The van der Waals surface area contributed by atoms with E-state index in [2.05, 4.69) is 0 Å². The lowest BCUT2D eigenvalue weighted by molar-refractivity contribution is 0.167. The molecule has 0 spiro atoms. The summed E-state index contributed by atoms with van der Waals surface area (Å²) in [6.07, 6.45) is 1.14. The number of nitrogens with two attached hydrogens (primary N) is 1. The molecule has 0 amide bonds. The smallest absolute Gasteiger partial charge is 0.0810 e. The van der Waals surface area contributed by atoms with Gasteiger partial charge in [0.15, 0.2) is 0 Å². The van der Waals surface area contributed by atoms with Crippen molar-refractivity contribution in [2.45, 2.75) is 25.9 Å². The Bertz CT molecular complexity index is 288. The predicted molar refractivity (Wildman–Crippen MR) is 55.7 cm³/mol. The first kappa shape index (κ1) is 10.4. The molecule has 3 heteroatoms. The van der Waals surface area contributed by atoms with Gasteiger partial charge in [0.1, 0.15) is 0 Å². The van der Waals surface area contributed by atoms with E-state index in [1.54, 1.807) is 12.1 Å². The molecule has 0 aromatic heterocycles. The number of aliphatic hydroxyl groups excluding tert-OH is 1. The summed E-state index contributed by atoms with van der Waals surface area (Å²) in [6.45, 7) is 2.02. The molecule has 13 heavy (non-hydrogen) atoms. The number of benzene rings is 1. The van der Waals surface area contributed by atoms with Crippen molar-refractivity contribution in [3.63, 3.8) is 0 Å². The van der Waals surface area contributed by atoms with Gasteiger partial charge in [-0.15, -0.1) is 0 Å². The van der Waals surface area contributed by atoms with Crippen LogP contribution in [0.3, 0.4) is 0 Å². The summed E-state index contributed by atoms with van der Waals surface area (Å²) in [7, 11) is 0. The summed E-state index contributed by atoms with van der Waals surface area (Å²) >= 11 is 5.82. The fourth-order valence-electron chi connectivity index (χ4n) is 1.27. The average molecular weight is 200 g/mol. The van der Waals surface area contributed by atoms with Crippen LogP contribution in [0, 0.1) is 0 Å². The van der Waals surface area contributed by atoms with E-state index in [1.165, 1.54) is 0 Å². The van der Waals surface area contributed by atoms with E-state index in [1.807, 2.05) is 13.0 Å². The quantitative estimate of drug-likeness (QED) is 0.736. The van der Waals surface area contributed by atoms with Crippen LogP contribution in [0.25, 0.3) is 0 Å². The second-order valence-corrected chi connectivity index (χ2v) is 3.45. The lowest BCUT2D eigenvalue weighted by Gasteiger charge is -2.12. The molecule has 0 aliphatic rings. The van der Waals surface area contributed by atoms with Crippen molar-refractivity contribution in [3.05, 3.63) is 28.8 Å². The summed E-state index contributed by atoms with van der Waals surface area (Å²) in [5.74, 6) is 0. The lowest BCUT2D eigenvalue weighted by Crippen LogP contribution is -2.02. The third kappa shape index (κ3) is 2.36. The standard InChI is InChI=1S/C10H14ClNO/c1-2-4-9(13)7-5-3-6-8(11)10(7)12/h3,5-6,9,13H,2,4,12H2,1H3. The molecular formula is C10H14ClNO. The van der Waals surface area contributed by atoms with E-state index in [9.17, 15) is 5.11 Å². The van der Waals surface area contributed by atoms with E-state index >= 15 is 0 Å². The summed E-state index contributed by atoms with van der Waals surface area (Å²) in [4.78, 5) is 0. The van der Waals surface area contributed by atoms with Crippen LogP contribution in [0.5, 0.6) is 0 Å². The molecule has 0 saturated carbocycles. The van der Waals surface area contributed by atoms with Crippen LogP contribution in [-0.4, -0.2) is 5.11 Å². The average Bonchev–Trinajstić information content (AvgIpc) is 2.10. The fourth-order valence-corrected chi connectivity index (χ4v) is 1.46. The molecule has 1 rings (SSSR count). The number of anilines is 1. The maximum Gasteiger partial charge on any atom is 0.0810 e. The van der Waals surface area contributed by atoms with Crippen LogP contribution in [0.2, 0.25) is 5.02 Å². The van der Waals surface area contributed by atoms with Crippen LogP contribution in [0.15, 0.2) is 18.2 Å². The van der Waals surface area contributed by atoms with Crippen LogP contribution in [0.1, 0.15) is 31.4 Å². The zero-order valence-electron chi connectivity index (χ0n) is 7.63. The second-order valence-electron chi connectivity index (χ2n) is 3.05. The molecule has 0 aliphatic carbocycles. The highest BCUT2D eigenvalue weighted by Crippen LogP contribution is 2.29. The molecule has 0 bridgehead atoms. The van der Waals surface area contributed by atoms with Crippen LogP contribution < -0.4 is 5.73 Å². The Hall–Kier alpha value is -0.730. The molecule has 0 aliphatic heterocycles. The molecule has 0 radical (unpaired) electrons. The zero-order valence-corrected chi connectivity index (χ0v) is 8.38. The fraction of sp³-hybridized carbons (Fsp3) is 0.400. The van der Waals surface area contributed by atoms with E-state index in [-0.39, 0.29) is 0 Å². The Morgan fingerprint density at radius 1 is 1.54 bits per heavy atom. The molecule has 0 heterocycles. The van der Waals surface area contributed by atoms with Gasteiger partial charge in [-0.2, -0.15) is 0 Å². The Kier molecular flexibility index (Phi) is 3.58. The molecule has 3 N–H and O–H groups in total. The minimum absolute atomic E-state index is 0.491. The van der Waals surface area contributed by atoms with Crippen molar-refractivity contribution < 1.29 is 5.11 Å². The number of nitrogen functional groups attached to an aromatic ring is 1. The maximum atomic E-state index is 9.69. The largest absolute Gasteiger partial charge is 0.397 e. The third-order valence-corrected chi connectivity index (χ3v) is 2.34. The van der Waals surface area contributed by atoms with Gasteiger partial charge in [0, 0.05) is 5.56 Å². The van der Waals surface area contributed by atoms with Crippen molar-refractivity contribution in [1.29, 1.82) is 0 Å². The molecule has 0 fully saturated rings. The van der Waals surface area contributed by atoms with Gasteiger partial charge in [-0.05, 0) is 12.5 Å². The molecule has 1 atom stereocenters. The first-order valence-corrected chi connectivity index (χ1v) is 4.76. The van der Waals surface area contributed by atoms with Gasteiger partial charge in [-0.25, -0.2) is 0 Å². The third-order valence-electron chi connectivity index (χ3n) is 2.01. The minimum atomic E-state index is -0.497. The maximum absolute atomic E-state index is 9.69. The van der Waals surface area contributed by atoms with E-state index in [4.69, 9.17) is 17.3 Å². The zero-order chi connectivity index (χ0) is 9.84. The van der Waals surface area contributed by atoms with Crippen molar-refractivity contribution in [2.24, 2.45) is 0 Å². The van der Waals surface area contributed by atoms with E-state index in [0.717, 1.165) is 12.0 Å². The number of hydrogen-bond acceptors (Lipinski definition) is 2. The van der Waals surface area contributed by atoms with Gasteiger partial charge in [-0.1, -0.05) is 37.1 Å². The Balaban J connectivity index is 2.93. The molecular weight excluding hydrogens is 186 g/mol. The predicted octanol–water partition coefficient (Wildman–Crippen LogP) is 2.76. The summed E-state index contributed by atoms with van der Waals surface area (Å²) < 4.78 is 0. The highest BCUT2D eigenvalue weighted by Gasteiger charge is 2.11. The van der Waals surface area contributed by atoms with Crippen LogP contribution in [-0.2, 0) is 0 Å². The molecule has 1 aromatic carbocycles. The number of aliphatic hydroxyl groups is 1. The van der Waals surface area contributed by atoms with Crippen LogP contribution >= 0.6 is 11.6 Å². The normalized spacial score (nSPS) is 12.8. The van der Waals surface area contributed by atoms with Crippen LogP contribution in [0.4, 0.5) is 5.69 Å². The SMILES string of the molecule is CCCC(O)c1cccc(Cl)c1N. The Morgan fingerprint density at radius 2 is 2.23 bits per heavy atom. The highest BCUT2D eigenvalue weighted by molar-refractivity contribution is 6.33. The first-order valence-electron chi connectivity index (χ1n) is 4.38. The number of halogens is 1. The van der Waals surface area contributed by atoms with Gasteiger partial charge in [0.05, 0.1) is 16.8 Å². The van der Waals surface area contributed by atoms with Gasteiger partial charge in [0.25, 0.3) is 0 Å². The van der Waals surface area contributed by atoms with Crippen molar-refractivity contribution >= 4 is 17.3 Å². The molecule has 1 unspecified atom stereocenters. The molecule has 1 aromatic rings. The van der Waals surface area contributed by atoms with E-state index in [0.29, 0.717) is 17.1 Å². The Morgan fingerprint density at radius 3 is 2.85 bits per heavy atom. The van der Waals surface area contributed by atoms with Gasteiger partial charge in [0.2, 0.25) is 0 Å². The number of rotatable bonds is 3. The van der Waals surface area contributed by atoms with Crippen molar-refractivity contribution in [1.82, 2.24) is 0 Å². The second kappa shape index (κ2) is 4.49. The minimum Gasteiger partial charge on any atom is -0.397 e.